The van der Waals surface area contributed by atoms with Crippen LogP contribution < -0.4 is 0 Å². The van der Waals surface area contributed by atoms with Crippen LogP contribution in [0.2, 0.25) is 31.7 Å². The fourth-order valence-electron chi connectivity index (χ4n) is 5.66. The van der Waals surface area contributed by atoms with E-state index in [0.717, 1.165) is 0 Å². The lowest BCUT2D eigenvalue weighted by Gasteiger charge is -2.55. The Morgan fingerprint density at radius 1 is 0.741 bits per heavy atom. The van der Waals surface area contributed by atoms with E-state index in [0.29, 0.717) is 21.5 Å². The van der Waals surface area contributed by atoms with Crippen LogP contribution in [0.15, 0.2) is 12.2 Å². The van der Waals surface area contributed by atoms with Gasteiger partial charge in [-0.25, -0.2) is 0 Å². The number of hydrogen-bond acceptors (Lipinski definition) is 1. The van der Waals surface area contributed by atoms with Gasteiger partial charge in [0.15, 0.2) is 0 Å². The van der Waals surface area contributed by atoms with Gasteiger partial charge >= 0.3 is 0 Å². The minimum absolute atomic E-state index is 0.175. The van der Waals surface area contributed by atoms with Gasteiger partial charge in [-0.05, 0) is 31.6 Å². The van der Waals surface area contributed by atoms with E-state index in [1.807, 2.05) is 7.11 Å². The predicted octanol–water partition coefficient (Wildman–Crippen LogP) is 8.86. The molecule has 27 heavy (non-hydrogen) atoms. The number of rotatable bonds is 6. The predicted molar refractivity (Wildman–Crippen MR) is 130 cm³/mol. The van der Waals surface area contributed by atoms with Gasteiger partial charge in [-0.15, -0.1) is 0 Å². The molecule has 0 aliphatic carbocycles. The van der Waals surface area contributed by atoms with Gasteiger partial charge in [-0.2, -0.15) is 0 Å². The second kappa shape index (κ2) is 8.87. The molecule has 0 N–H and O–H groups in total. The van der Waals surface area contributed by atoms with E-state index < -0.39 is 17.1 Å². The van der Waals surface area contributed by atoms with Gasteiger partial charge in [0.2, 0.25) is 8.32 Å². The van der Waals surface area contributed by atoms with Crippen molar-refractivity contribution in [3.05, 3.63) is 12.2 Å². The van der Waals surface area contributed by atoms with E-state index in [9.17, 15) is 0 Å². The van der Waals surface area contributed by atoms with Gasteiger partial charge < -0.3 is 4.43 Å². The van der Waals surface area contributed by atoms with Gasteiger partial charge in [-0.3, -0.25) is 0 Å². The first-order valence-corrected chi connectivity index (χ1v) is 14.5. The SMILES string of the molecule is CO[Si](C(/C=C/C(C)C)C[Si](C(C)(C)C)C(C)(C)C)(C(C)(C)C)C(C)(C)C. The molecule has 0 aliphatic heterocycles. The molecule has 1 atom stereocenters. The fourth-order valence-corrected chi connectivity index (χ4v) is 17.9. The van der Waals surface area contributed by atoms with Crippen molar-refractivity contribution in [2.75, 3.05) is 7.11 Å². The van der Waals surface area contributed by atoms with Crippen molar-refractivity contribution in [1.82, 2.24) is 0 Å². The molecule has 0 bridgehead atoms. The molecule has 1 nitrogen and oxygen atoms in total. The quantitative estimate of drug-likeness (QED) is 0.313. The lowest BCUT2D eigenvalue weighted by molar-refractivity contribution is 0.318. The van der Waals surface area contributed by atoms with Crippen molar-refractivity contribution in [3.63, 3.8) is 0 Å². The summed E-state index contributed by atoms with van der Waals surface area (Å²) in [4.78, 5) is 0. The summed E-state index contributed by atoms with van der Waals surface area (Å²) in [5.74, 6) is 0.580. The van der Waals surface area contributed by atoms with E-state index in [2.05, 4.69) is 109 Å². The maximum absolute atomic E-state index is 6.69. The first-order chi connectivity index (χ1) is 11.7. The van der Waals surface area contributed by atoms with Crippen molar-refractivity contribution in [2.24, 2.45) is 5.92 Å². The summed E-state index contributed by atoms with van der Waals surface area (Å²) >= 11 is 0. The molecular formula is C24H51OSi2. The molecule has 0 aromatic rings. The van der Waals surface area contributed by atoms with Crippen molar-refractivity contribution < 1.29 is 4.43 Å². The lowest BCUT2D eigenvalue weighted by atomic mass is 10.2. The second-order valence-corrected chi connectivity index (χ2v) is 22.8. The highest BCUT2D eigenvalue weighted by Gasteiger charge is 2.59. The van der Waals surface area contributed by atoms with Crippen LogP contribution in [-0.2, 0) is 4.43 Å². The van der Waals surface area contributed by atoms with E-state index in [1.165, 1.54) is 6.04 Å². The molecule has 1 radical (unpaired) electrons. The average molecular weight is 412 g/mol. The van der Waals surface area contributed by atoms with Crippen LogP contribution in [0.5, 0.6) is 0 Å². The molecule has 0 aromatic carbocycles. The van der Waals surface area contributed by atoms with Crippen molar-refractivity contribution in [3.8, 4) is 0 Å². The van der Waals surface area contributed by atoms with Crippen LogP contribution in [0, 0.1) is 5.92 Å². The minimum atomic E-state index is -2.15. The van der Waals surface area contributed by atoms with Crippen molar-refractivity contribution in [2.45, 2.75) is 129 Å². The van der Waals surface area contributed by atoms with Gasteiger partial charge in [-0.1, -0.05) is 115 Å². The average Bonchev–Trinajstić information content (AvgIpc) is 2.35. The first kappa shape index (κ1) is 27.1. The summed E-state index contributed by atoms with van der Waals surface area (Å²) < 4.78 is 6.69. The molecule has 0 heterocycles. The minimum Gasteiger partial charge on any atom is -0.418 e. The van der Waals surface area contributed by atoms with Gasteiger partial charge in [0.25, 0.3) is 0 Å². The van der Waals surface area contributed by atoms with Crippen LogP contribution in [0.4, 0.5) is 0 Å². The van der Waals surface area contributed by atoms with Crippen LogP contribution in [-0.4, -0.2) is 24.2 Å². The normalized spacial score (nSPS) is 16.6. The second-order valence-electron chi connectivity index (χ2n) is 12.9. The molecule has 161 valence electrons. The van der Waals surface area contributed by atoms with Gasteiger partial charge in [0.1, 0.15) is 0 Å². The summed E-state index contributed by atoms with van der Waals surface area (Å²) in [5, 5.41) is 1.09. The van der Waals surface area contributed by atoms with E-state index >= 15 is 0 Å². The van der Waals surface area contributed by atoms with Crippen LogP contribution in [0.25, 0.3) is 0 Å². The molecule has 0 aromatic heterocycles. The Balaban J connectivity index is 6.61. The Bertz CT molecular complexity index is 450. The molecule has 0 amide bonds. The Labute approximate surface area is 175 Å². The third-order valence-electron chi connectivity index (χ3n) is 6.04. The maximum atomic E-state index is 6.69. The summed E-state index contributed by atoms with van der Waals surface area (Å²) in [6.45, 7) is 33.9. The highest BCUT2D eigenvalue weighted by Crippen LogP contribution is 2.60. The Hall–Kier alpha value is 0.134. The highest BCUT2D eigenvalue weighted by atomic mass is 28.4. The van der Waals surface area contributed by atoms with E-state index in [1.54, 1.807) is 0 Å². The van der Waals surface area contributed by atoms with E-state index in [-0.39, 0.29) is 10.1 Å². The standard InChI is InChI=1S/C24H51OSi2/c1-19(2)16-17-20(18-26(21(3,4)5)22(6,7)8)27(25-15,23(9,10)11)24(12,13)14/h16-17,19-20H,18H2,1-15H3/b17-16+. The van der Waals surface area contributed by atoms with Crippen LogP contribution >= 0.6 is 0 Å². The summed E-state index contributed by atoms with van der Waals surface area (Å²) in [7, 11) is -0.781. The molecule has 0 spiro atoms. The van der Waals surface area contributed by atoms with Gasteiger partial charge in [0, 0.05) is 7.11 Å². The summed E-state index contributed by atoms with van der Waals surface area (Å²) in [6, 6.07) is 1.30. The molecule has 0 fully saturated rings. The van der Waals surface area contributed by atoms with Crippen molar-refractivity contribution >= 4 is 17.1 Å². The zero-order valence-corrected chi connectivity index (χ0v) is 23.4. The van der Waals surface area contributed by atoms with Gasteiger partial charge in [0.05, 0.1) is 8.80 Å². The Morgan fingerprint density at radius 3 is 1.33 bits per heavy atom. The lowest BCUT2D eigenvalue weighted by Crippen LogP contribution is -2.58. The molecule has 0 rings (SSSR count). The molecule has 3 heteroatoms. The summed E-state index contributed by atoms with van der Waals surface area (Å²) in [6.07, 6.45) is 5.01. The fraction of sp³-hybridized carbons (Fsp3) is 0.917. The number of hydrogen-bond donors (Lipinski definition) is 0. The molecule has 1 unspecified atom stereocenters. The van der Waals surface area contributed by atoms with Crippen molar-refractivity contribution in [1.29, 1.82) is 0 Å². The summed E-state index contributed by atoms with van der Waals surface area (Å²) in [5.41, 5.74) is 0.539. The van der Waals surface area contributed by atoms with E-state index in [4.69, 9.17) is 4.43 Å². The molecular weight excluding hydrogens is 360 g/mol. The monoisotopic (exact) mass is 411 g/mol. The molecule has 0 saturated heterocycles. The third-order valence-corrected chi connectivity index (χ3v) is 17.5. The Morgan fingerprint density at radius 2 is 1.11 bits per heavy atom. The largest absolute Gasteiger partial charge is 0.418 e. The zero-order valence-electron chi connectivity index (χ0n) is 21.4. The third kappa shape index (κ3) is 6.57. The van der Waals surface area contributed by atoms with Crippen LogP contribution in [0.1, 0.15) is 96.9 Å². The molecule has 0 saturated carbocycles. The first-order valence-electron chi connectivity index (χ1n) is 10.8. The highest BCUT2D eigenvalue weighted by molar-refractivity contribution is 6.82. The van der Waals surface area contributed by atoms with Crippen LogP contribution in [0.3, 0.4) is 0 Å². The maximum Gasteiger partial charge on any atom is 0.209 e. The smallest absolute Gasteiger partial charge is 0.209 e. The Kier molecular flexibility index (Phi) is 8.92. The number of allylic oxidation sites excluding steroid dienone is 2. The zero-order chi connectivity index (χ0) is 22.1. The molecule has 0 aliphatic rings. The topological polar surface area (TPSA) is 9.23 Å².